The first-order valence-electron chi connectivity index (χ1n) is 26.7. The number of ether oxygens (including phenoxy) is 1. The molecule has 1 saturated heterocycles. The van der Waals surface area contributed by atoms with Gasteiger partial charge in [0.15, 0.2) is 6.23 Å². The van der Waals surface area contributed by atoms with Gasteiger partial charge in [-0.15, -0.1) is 0 Å². The molecule has 64 heavy (non-hydrogen) atoms. The molecule has 0 aromatic rings. The zero-order valence-electron chi connectivity index (χ0n) is 41.5. The average Bonchev–Trinajstić information content (AvgIpc) is 3.26. The maximum Gasteiger partial charge on any atom is 0.303 e. The monoisotopic (exact) mass is 910 g/mol. The Balaban J connectivity index is 2.95. The van der Waals surface area contributed by atoms with Gasteiger partial charge in [-0.2, -0.15) is 0 Å². The Morgan fingerprint density at radius 1 is 0.562 bits per heavy atom. The average molecular weight is 910 g/mol. The molecule has 1 rings (SSSR count). The number of amides is 3. The third kappa shape index (κ3) is 29.4. The molecule has 1 aliphatic rings. The number of unbranched alkanes of at least 4 members (excludes halogenated alkanes) is 28. The molecule has 1 heterocycles. The second-order valence-electron chi connectivity index (χ2n) is 19.5. The van der Waals surface area contributed by atoms with Gasteiger partial charge in [0.1, 0.15) is 30.4 Å². The molecular formula is C52H99N3O9. The number of aliphatic hydroxyl groups excluding tert-OH is 3. The van der Waals surface area contributed by atoms with Gasteiger partial charge in [0, 0.05) is 25.8 Å². The summed E-state index contributed by atoms with van der Waals surface area (Å²) in [6.45, 7) is 8.16. The van der Waals surface area contributed by atoms with Gasteiger partial charge in [0.25, 0.3) is 0 Å². The molecule has 0 aliphatic carbocycles. The summed E-state index contributed by atoms with van der Waals surface area (Å²) in [5.74, 6) is -1.79. The summed E-state index contributed by atoms with van der Waals surface area (Å²) in [5.41, 5.74) is 0. The standard InChI is InChI=1S/C52H99N3O9/c1-5-7-9-11-13-15-17-19-20-21-22-24-26-28-33-37-46(58)55(39-35-31-27-25-23-18-16-14-12-10-8-6-2)52-48(50(62)49(61)44(41-56)64-52)54-51(63)43(40-42(3)4)53-45(57)36-32-29-30-34-38-47(59)60/h42-44,48-50,52,56,61-62H,5-41H2,1-4H3,(H,53,57)(H,54,63)(H,59,60)/t43-,44+,48-,49+,50+,52+/m0/s1. The highest BCUT2D eigenvalue weighted by molar-refractivity contribution is 5.88. The summed E-state index contributed by atoms with van der Waals surface area (Å²) in [6, 6.07) is -2.13. The molecule has 1 fully saturated rings. The van der Waals surface area contributed by atoms with E-state index in [0.29, 0.717) is 57.9 Å². The lowest BCUT2D eigenvalue weighted by Gasteiger charge is -2.47. The second kappa shape index (κ2) is 39.8. The van der Waals surface area contributed by atoms with Crippen LogP contribution in [0.3, 0.4) is 0 Å². The molecule has 376 valence electrons. The van der Waals surface area contributed by atoms with Crippen LogP contribution in [0, 0.1) is 5.92 Å². The van der Waals surface area contributed by atoms with Crippen molar-refractivity contribution in [1.82, 2.24) is 15.5 Å². The summed E-state index contributed by atoms with van der Waals surface area (Å²) >= 11 is 0. The van der Waals surface area contributed by atoms with Gasteiger partial charge in [-0.25, -0.2) is 0 Å². The third-order valence-corrected chi connectivity index (χ3v) is 13.0. The van der Waals surface area contributed by atoms with E-state index in [0.717, 1.165) is 38.5 Å². The van der Waals surface area contributed by atoms with Crippen molar-refractivity contribution < 1.29 is 44.3 Å². The number of nitrogens with one attached hydrogen (secondary N) is 2. The van der Waals surface area contributed by atoms with Crippen molar-refractivity contribution in [3.63, 3.8) is 0 Å². The van der Waals surface area contributed by atoms with Gasteiger partial charge in [-0.1, -0.05) is 201 Å². The van der Waals surface area contributed by atoms with Crippen molar-refractivity contribution in [1.29, 1.82) is 0 Å². The minimum atomic E-state index is -1.54. The summed E-state index contributed by atoms with van der Waals surface area (Å²) in [7, 11) is 0. The van der Waals surface area contributed by atoms with Gasteiger partial charge >= 0.3 is 5.97 Å². The Bertz CT molecular complexity index is 1170. The van der Waals surface area contributed by atoms with Gasteiger partial charge in [-0.05, 0) is 38.0 Å². The Morgan fingerprint density at radius 3 is 1.39 bits per heavy atom. The van der Waals surface area contributed by atoms with E-state index in [1.165, 1.54) is 122 Å². The summed E-state index contributed by atoms with van der Waals surface area (Å²) < 4.78 is 6.25. The largest absolute Gasteiger partial charge is 0.481 e. The molecule has 12 nitrogen and oxygen atoms in total. The highest BCUT2D eigenvalue weighted by Gasteiger charge is 2.48. The molecular weight excluding hydrogens is 811 g/mol. The fourth-order valence-corrected chi connectivity index (χ4v) is 8.98. The zero-order valence-corrected chi connectivity index (χ0v) is 41.5. The van der Waals surface area contributed by atoms with Crippen molar-refractivity contribution >= 4 is 23.7 Å². The second-order valence-corrected chi connectivity index (χ2v) is 19.5. The summed E-state index contributed by atoms with van der Waals surface area (Å²) in [6.07, 6.45) is 30.5. The zero-order chi connectivity index (χ0) is 47.2. The topological polar surface area (TPSA) is 186 Å². The van der Waals surface area contributed by atoms with Crippen LogP contribution in [0.5, 0.6) is 0 Å². The number of carbonyl (C=O) groups is 4. The quantitative estimate of drug-likeness (QED) is 0.0324. The summed E-state index contributed by atoms with van der Waals surface area (Å²) in [4.78, 5) is 53.7. The van der Waals surface area contributed by atoms with Crippen molar-refractivity contribution in [3.8, 4) is 0 Å². The van der Waals surface area contributed by atoms with E-state index < -0.39 is 55.1 Å². The van der Waals surface area contributed by atoms with Gasteiger partial charge in [0.2, 0.25) is 17.7 Å². The molecule has 0 saturated carbocycles. The first kappa shape index (κ1) is 59.7. The molecule has 0 unspecified atom stereocenters. The Hall–Kier alpha value is -2.28. The summed E-state index contributed by atoms with van der Waals surface area (Å²) in [5, 5.41) is 47.4. The van der Waals surface area contributed by atoms with Crippen LogP contribution in [0.4, 0.5) is 0 Å². The van der Waals surface area contributed by atoms with Crippen molar-refractivity contribution in [2.45, 2.75) is 289 Å². The number of aliphatic carboxylic acids is 1. The predicted octanol–water partition coefficient (Wildman–Crippen LogP) is 10.7. The Labute approximate surface area is 390 Å². The lowest BCUT2D eigenvalue weighted by Crippen LogP contribution is -2.70. The van der Waals surface area contributed by atoms with Crippen LogP contribution in [-0.4, -0.2) is 98.8 Å². The van der Waals surface area contributed by atoms with E-state index in [9.17, 15) is 34.5 Å². The molecule has 12 heteroatoms. The van der Waals surface area contributed by atoms with Crippen LogP contribution < -0.4 is 10.6 Å². The molecule has 0 aromatic carbocycles. The molecule has 1 aliphatic heterocycles. The smallest absolute Gasteiger partial charge is 0.303 e. The molecule has 3 amide bonds. The molecule has 0 radical (unpaired) electrons. The van der Waals surface area contributed by atoms with Crippen molar-refractivity contribution in [2.75, 3.05) is 13.2 Å². The molecule has 0 spiro atoms. The minimum Gasteiger partial charge on any atom is -0.481 e. The van der Waals surface area contributed by atoms with Gasteiger partial charge in [0.05, 0.1) is 6.61 Å². The number of hydrogen-bond acceptors (Lipinski definition) is 8. The number of rotatable bonds is 43. The number of carbonyl (C=O) groups excluding carboxylic acids is 3. The lowest BCUT2D eigenvalue weighted by molar-refractivity contribution is -0.231. The van der Waals surface area contributed by atoms with Crippen LogP contribution in [0.15, 0.2) is 0 Å². The third-order valence-electron chi connectivity index (χ3n) is 13.0. The maximum absolute atomic E-state index is 14.2. The number of nitrogens with zero attached hydrogens (tertiary/aromatic N) is 1. The number of carboxylic acids is 1. The van der Waals surface area contributed by atoms with Crippen LogP contribution in [-0.2, 0) is 23.9 Å². The van der Waals surface area contributed by atoms with Crippen LogP contribution in [0.1, 0.15) is 252 Å². The van der Waals surface area contributed by atoms with E-state index in [4.69, 9.17) is 9.84 Å². The molecule has 0 aromatic heterocycles. The first-order valence-corrected chi connectivity index (χ1v) is 26.7. The van der Waals surface area contributed by atoms with E-state index >= 15 is 0 Å². The Morgan fingerprint density at radius 2 is 0.969 bits per heavy atom. The SMILES string of the molecule is CCCCCCCCCCCCCCCCCC(=O)N(CCCCCCCCCCCCCC)[C@@H]1O[C@H](CO)[C@@H](O)[C@H](O)[C@@H]1NC(=O)[C@H](CC(C)C)NC(=O)CCCCCCC(=O)O. The van der Waals surface area contributed by atoms with E-state index in [1.807, 2.05) is 13.8 Å². The highest BCUT2D eigenvalue weighted by Crippen LogP contribution is 2.27. The van der Waals surface area contributed by atoms with Crippen molar-refractivity contribution in [2.24, 2.45) is 5.92 Å². The van der Waals surface area contributed by atoms with E-state index in [1.54, 1.807) is 4.90 Å². The fourth-order valence-electron chi connectivity index (χ4n) is 8.98. The number of aliphatic hydroxyl groups is 3. The minimum absolute atomic E-state index is 0.0403. The predicted molar refractivity (Wildman–Crippen MR) is 259 cm³/mol. The van der Waals surface area contributed by atoms with Gasteiger partial charge < -0.3 is 40.7 Å². The van der Waals surface area contributed by atoms with E-state index in [2.05, 4.69) is 24.5 Å². The van der Waals surface area contributed by atoms with Crippen LogP contribution in [0.25, 0.3) is 0 Å². The maximum atomic E-state index is 14.2. The van der Waals surface area contributed by atoms with Gasteiger partial charge in [-0.3, -0.25) is 19.2 Å². The number of carboxylic acid groups (broad SMARTS) is 1. The van der Waals surface area contributed by atoms with Crippen LogP contribution >= 0.6 is 0 Å². The normalized spacial score (nSPS) is 19.2. The van der Waals surface area contributed by atoms with Crippen molar-refractivity contribution in [3.05, 3.63) is 0 Å². The number of hydrogen-bond donors (Lipinski definition) is 6. The first-order chi connectivity index (χ1) is 31.0. The van der Waals surface area contributed by atoms with Crippen LogP contribution in [0.2, 0.25) is 0 Å². The molecule has 6 N–H and O–H groups in total. The molecule has 0 bridgehead atoms. The fraction of sp³-hybridized carbons (Fsp3) is 0.923. The highest BCUT2D eigenvalue weighted by atomic mass is 16.5. The molecule has 6 atom stereocenters. The Kier molecular flexibility index (Phi) is 37.2. The van der Waals surface area contributed by atoms with E-state index in [-0.39, 0.29) is 30.6 Å². The lowest BCUT2D eigenvalue weighted by atomic mass is 9.93.